The van der Waals surface area contributed by atoms with Crippen molar-refractivity contribution in [2.45, 2.75) is 19.3 Å². The highest BCUT2D eigenvalue weighted by atomic mass is 19.1. The van der Waals surface area contributed by atoms with Crippen LogP contribution in [0, 0.1) is 5.82 Å². The molecular formula is C20H20FN5O. The van der Waals surface area contributed by atoms with Gasteiger partial charge in [0.2, 0.25) is 5.95 Å². The van der Waals surface area contributed by atoms with Crippen LogP contribution in [0.1, 0.15) is 24.1 Å². The first kappa shape index (κ1) is 17.2. The van der Waals surface area contributed by atoms with Crippen LogP contribution in [0.4, 0.5) is 21.7 Å². The van der Waals surface area contributed by atoms with Crippen molar-refractivity contribution in [3.05, 3.63) is 76.0 Å². The van der Waals surface area contributed by atoms with Gasteiger partial charge in [-0.15, -0.1) is 10.2 Å². The molecule has 0 atom stereocenters. The minimum atomic E-state index is -0.314. The Bertz CT molecular complexity index is 963. The van der Waals surface area contributed by atoms with Crippen LogP contribution in [0.2, 0.25) is 0 Å². The third-order valence-corrected chi connectivity index (χ3v) is 4.65. The Morgan fingerprint density at radius 1 is 1.00 bits per heavy atom. The van der Waals surface area contributed by atoms with E-state index in [-0.39, 0.29) is 23.0 Å². The second-order valence-electron chi connectivity index (χ2n) is 6.62. The van der Waals surface area contributed by atoms with Crippen molar-refractivity contribution in [2.24, 2.45) is 0 Å². The molecule has 0 unspecified atom stereocenters. The second kappa shape index (κ2) is 7.57. The average molecular weight is 365 g/mol. The number of aromatic nitrogens is 3. The van der Waals surface area contributed by atoms with Crippen molar-refractivity contribution in [2.75, 3.05) is 23.3 Å². The van der Waals surface area contributed by atoms with Crippen molar-refractivity contribution in [3.8, 4) is 0 Å². The Morgan fingerprint density at radius 2 is 1.70 bits per heavy atom. The van der Waals surface area contributed by atoms with Gasteiger partial charge in [-0.1, -0.05) is 12.1 Å². The molecule has 2 heterocycles. The largest absolute Gasteiger partial charge is 0.372 e. The first-order valence-corrected chi connectivity index (χ1v) is 9.00. The summed E-state index contributed by atoms with van der Waals surface area (Å²) in [6, 6.07) is 14.0. The fourth-order valence-corrected chi connectivity index (χ4v) is 3.20. The maximum absolute atomic E-state index is 13.0. The molecule has 0 radical (unpaired) electrons. The van der Waals surface area contributed by atoms with E-state index in [1.165, 1.54) is 30.7 Å². The molecule has 0 bridgehead atoms. The molecule has 2 N–H and O–H groups in total. The summed E-state index contributed by atoms with van der Waals surface area (Å²) in [5.41, 5.74) is 2.80. The van der Waals surface area contributed by atoms with Gasteiger partial charge in [-0.25, -0.2) is 4.39 Å². The van der Waals surface area contributed by atoms with E-state index in [1.807, 2.05) is 12.1 Å². The fourth-order valence-electron chi connectivity index (χ4n) is 3.20. The number of halogens is 1. The van der Waals surface area contributed by atoms with Crippen LogP contribution >= 0.6 is 0 Å². The van der Waals surface area contributed by atoms with E-state index in [2.05, 4.69) is 37.5 Å². The number of nitrogens with zero attached hydrogens (tertiary/aromatic N) is 3. The molecule has 0 saturated carbocycles. The van der Waals surface area contributed by atoms with Gasteiger partial charge in [0.15, 0.2) is 0 Å². The average Bonchev–Trinajstić information content (AvgIpc) is 3.21. The monoisotopic (exact) mass is 365 g/mol. The molecule has 138 valence electrons. The van der Waals surface area contributed by atoms with Crippen LogP contribution in [0.3, 0.4) is 0 Å². The molecule has 3 aromatic rings. The van der Waals surface area contributed by atoms with Gasteiger partial charge >= 0.3 is 0 Å². The molecule has 1 aromatic heterocycles. The topological polar surface area (TPSA) is 73.9 Å². The number of hydrogen-bond acceptors (Lipinski definition) is 5. The molecule has 1 fully saturated rings. The van der Waals surface area contributed by atoms with Gasteiger partial charge in [0.1, 0.15) is 11.5 Å². The summed E-state index contributed by atoms with van der Waals surface area (Å²) in [5.74, 6) is -0.0224. The Labute approximate surface area is 156 Å². The summed E-state index contributed by atoms with van der Waals surface area (Å²) in [5, 5.41) is 11.1. The summed E-state index contributed by atoms with van der Waals surface area (Å²) in [6.07, 6.45) is 2.77. The van der Waals surface area contributed by atoms with Crippen LogP contribution in [-0.2, 0) is 6.42 Å². The van der Waals surface area contributed by atoms with Gasteiger partial charge in [-0.3, -0.25) is 9.78 Å². The molecule has 6 nitrogen and oxygen atoms in total. The quantitative estimate of drug-likeness (QED) is 0.726. The molecule has 2 aromatic carbocycles. The lowest BCUT2D eigenvalue weighted by atomic mass is 10.1. The molecular weight excluding hydrogens is 345 g/mol. The van der Waals surface area contributed by atoms with E-state index in [1.54, 1.807) is 12.1 Å². The maximum atomic E-state index is 13.0. The zero-order valence-electron chi connectivity index (χ0n) is 14.8. The number of anilines is 3. The predicted octanol–water partition coefficient (Wildman–Crippen LogP) is 3.24. The summed E-state index contributed by atoms with van der Waals surface area (Å²) < 4.78 is 13.0. The van der Waals surface area contributed by atoms with Gasteiger partial charge in [-0.05, 0) is 54.8 Å². The van der Waals surface area contributed by atoms with Crippen molar-refractivity contribution in [1.82, 2.24) is 15.2 Å². The predicted molar refractivity (Wildman–Crippen MR) is 103 cm³/mol. The first-order chi connectivity index (χ1) is 13.2. The highest BCUT2D eigenvalue weighted by molar-refractivity contribution is 5.59. The van der Waals surface area contributed by atoms with E-state index in [4.69, 9.17) is 0 Å². The molecule has 27 heavy (non-hydrogen) atoms. The third-order valence-electron chi connectivity index (χ3n) is 4.65. The minimum Gasteiger partial charge on any atom is -0.372 e. The standard InChI is InChI=1S/C20H20FN5O/c21-15-5-3-14(4-6-15)13-18-19(27)23-20(25-24-18)22-16-7-9-17(10-8-16)26-11-1-2-12-26/h3-10H,1-2,11-13H2,(H2,22,23,25,27). The highest BCUT2D eigenvalue weighted by Gasteiger charge is 2.12. The van der Waals surface area contributed by atoms with Crippen molar-refractivity contribution in [3.63, 3.8) is 0 Å². The SMILES string of the molecule is O=c1[nH]c(Nc2ccc(N3CCCC3)cc2)nnc1Cc1ccc(F)cc1. The van der Waals surface area contributed by atoms with Crippen molar-refractivity contribution >= 4 is 17.3 Å². The van der Waals surface area contributed by atoms with E-state index in [9.17, 15) is 9.18 Å². The Hall–Kier alpha value is -3.22. The number of H-pyrrole nitrogens is 1. The Morgan fingerprint density at radius 3 is 2.37 bits per heavy atom. The van der Waals surface area contributed by atoms with E-state index in [0.29, 0.717) is 6.42 Å². The van der Waals surface area contributed by atoms with Crippen LogP contribution in [0.5, 0.6) is 0 Å². The van der Waals surface area contributed by atoms with Gasteiger partial charge in [0.25, 0.3) is 5.56 Å². The summed E-state index contributed by atoms with van der Waals surface area (Å²) >= 11 is 0. The minimum absolute atomic E-state index is 0.288. The highest BCUT2D eigenvalue weighted by Crippen LogP contribution is 2.22. The third kappa shape index (κ3) is 4.13. The fraction of sp³-hybridized carbons (Fsp3) is 0.250. The van der Waals surface area contributed by atoms with Crippen LogP contribution in [0.25, 0.3) is 0 Å². The smallest absolute Gasteiger partial charge is 0.274 e. The van der Waals surface area contributed by atoms with Gasteiger partial charge in [0, 0.05) is 30.9 Å². The molecule has 7 heteroatoms. The van der Waals surface area contributed by atoms with E-state index < -0.39 is 0 Å². The van der Waals surface area contributed by atoms with Crippen LogP contribution < -0.4 is 15.8 Å². The number of aromatic amines is 1. The number of nitrogens with one attached hydrogen (secondary N) is 2. The Kier molecular flexibility index (Phi) is 4.82. The van der Waals surface area contributed by atoms with Gasteiger partial charge in [0.05, 0.1) is 0 Å². The van der Waals surface area contributed by atoms with Crippen LogP contribution in [0.15, 0.2) is 53.3 Å². The molecule has 1 saturated heterocycles. The summed E-state index contributed by atoms with van der Waals surface area (Å²) in [4.78, 5) is 17.3. The zero-order chi connectivity index (χ0) is 18.6. The Balaban J connectivity index is 1.44. The number of hydrogen-bond donors (Lipinski definition) is 2. The normalized spacial score (nSPS) is 13.7. The molecule has 0 spiro atoms. The van der Waals surface area contributed by atoms with Crippen molar-refractivity contribution in [1.29, 1.82) is 0 Å². The lowest BCUT2D eigenvalue weighted by molar-refractivity contribution is 0.627. The first-order valence-electron chi connectivity index (χ1n) is 9.00. The second-order valence-corrected chi connectivity index (χ2v) is 6.62. The van der Waals surface area contributed by atoms with Gasteiger partial charge in [-0.2, -0.15) is 0 Å². The molecule has 0 aliphatic carbocycles. The van der Waals surface area contributed by atoms with E-state index >= 15 is 0 Å². The van der Waals surface area contributed by atoms with E-state index in [0.717, 1.165) is 24.3 Å². The summed E-state index contributed by atoms with van der Waals surface area (Å²) in [7, 11) is 0. The lowest BCUT2D eigenvalue weighted by Gasteiger charge is -2.17. The number of benzene rings is 2. The molecule has 4 rings (SSSR count). The lowest BCUT2D eigenvalue weighted by Crippen LogP contribution is -2.19. The van der Waals surface area contributed by atoms with Crippen LogP contribution in [-0.4, -0.2) is 28.3 Å². The summed E-state index contributed by atoms with van der Waals surface area (Å²) in [6.45, 7) is 2.20. The van der Waals surface area contributed by atoms with Gasteiger partial charge < -0.3 is 10.2 Å². The molecule has 1 aliphatic heterocycles. The zero-order valence-corrected chi connectivity index (χ0v) is 14.8. The van der Waals surface area contributed by atoms with Crippen molar-refractivity contribution < 1.29 is 4.39 Å². The molecule has 1 aliphatic rings. The molecule has 0 amide bonds. The maximum Gasteiger partial charge on any atom is 0.274 e. The number of rotatable bonds is 5.